The lowest BCUT2D eigenvalue weighted by molar-refractivity contribution is -0.116. The van der Waals surface area contributed by atoms with Crippen LogP contribution in [0.3, 0.4) is 0 Å². The molecule has 1 amide bonds. The first-order valence-electron chi connectivity index (χ1n) is 8.30. The van der Waals surface area contributed by atoms with Gasteiger partial charge in [0.05, 0.1) is 5.69 Å². The van der Waals surface area contributed by atoms with Crippen LogP contribution < -0.4 is 4.90 Å². The van der Waals surface area contributed by atoms with Crippen LogP contribution in [0.25, 0.3) is 0 Å². The predicted molar refractivity (Wildman–Crippen MR) is 102 cm³/mol. The van der Waals surface area contributed by atoms with Gasteiger partial charge in [-0.2, -0.15) is 0 Å². The molecule has 0 N–H and O–H groups in total. The third-order valence-corrected chi connectivity index (χ3v) is 5.89. The Morgan fingerprint density at radius 2 is 2.17 bits per heavy atom. The van der Waals surface area contributed by atoms with Crippen molar-refractivity contribution in [1.82, 2.24) is 9.88 Å². The SMILES string of the molecule is CCN(C(C)=O)c1nc(CN2CCCC2c2ccc(Br)cc2)cs1. The van der Waals surface area contributed by atoms with Crippen LogP contribution in [0.5, 0.6) is 0 Å². The molecular weight excluding hydrogens is 386 g/mol. The lowest BCUT2D eigenvalue weighted by Crippen LogP contribution is -2.28. The Hall–Kier alpha value is -1.24. The summed E-state index contributed by atoms with van der Waals surface area (Å²) in [6, 6.07) is 9.08. The van der Waals surface area contributed by atoms with Crippen LogP contribution in [0.4, 0.5) is 5.13 Å². The highest BCUT2D eigenvalue weighted by Crippen LogP contribution is 2.34. The normalized spacial score (nSPS) is 18.0. The number of thiazole rings is 1. The van der Waals surface area contributed by atoms with Gasteiger partial charge in [-0.05, 0) is 44.0 Å². The minimum Gasteiger partial charge on any atom is -0.290 e. The van der Waals surface area contributed by atoms with Crippen molar-refractivity contribution in [2.45, 2.75) is 39.3 Å². The zero-order valence-corrected chi connectivity index (χ0v) is 16.4. The van der Waals surface area contributed by atoms with Gasteiger partial charge in [0.2, 0.25) is 5.91 Å². The van der Waals surface area contributed by atoms with E-state index in [0.717, 1.165) is 28.4 Å². The smallest absolute Gasteiger partial charge is 0.225 e. The molecule has 1 aliphatic rings. The van der Waals surface area contributed by atoms with Crippen LogP contribution in [0, 0.1) is 0 Å². The van der Waals surface area contributed by atoms with E-state index in [1.54, 1.807) is 23.2 Å². The predicted octanol–water partition coefficient (Wildman–Crippen LogP) is 4.62. The molecule has 6 heteroatoms. The van der Waals surface area contributed by atoms with Crippen molar-refractivity contribution in [3.63, 3.8) is 0 Å². The fourth-order valence-corrected chi connectivity index (χ4v) is 4.46. The van der Waals surface area contributed by atoms with E-state index in [-0.39, 0.29) is 5.91 Å². The number of rotatable bonds is 5. The van der Waals surface area contributed by atoms with Gasteiger partial charge in [-0.15, -0.1) is 11.3 Å². The van der Waals surface area contributed by atoms with Gasteiger partial charge < -0.3 is 0 Å². The third-order valence-electron chi connectivity index (χ3n) is 4.45. The number of halogens is 1. The Morgan fingerprint density at radius 3 is 2.83 bits per heavy atom. The Kier molecular flexibility index (Phi) is 5.69. The molecule has 128 valence electrons. The van der Waals surface area contributed by atoms with E-state index >= 15 is 0 Å². The van der Waals surface area contributed by atoms with Crippen molar-refractivity contribution in [1.29, 1.82) is 0 Å². The number of aromatic nitrogens is 1. The summed E-state index contributed by atoms with van der Waals surface area (Å²) in [7, 11) is 0. The molecule has 1 fully saturated rings. The van der Waals surface area contributed by atoms with Crippen LogP contribution in [0.2, 0.25) is 0 Å². The monoisotopic (exact) mass is 407 g/mol. The average molecular weight is 408 g/mol. The number of anilines is 1. The number of amides is 1. The van der Waals surface area contributed by atoms with Crippen LogP contribution >= 0.6 is 27.3 Å². The maximum Gasteiger partial charge on any atom is 0.225 e. The molecule has 1 aromatic carbocycles. The van der Waals surface area contributed by atoms with Gasteiger partial charge in [0.15, 0.2) is 5.13 Å². The van der Waals surface area contributed by atoms with Gasteiger partial charge in [-0.3, -0.25) is 14.6 Å². The molecule has 3 rings (SSSR count). The van der Waals surface area contributed by atoms with Gasteiger partial charge in [0, 0.05) is 35.9 Å². The van der Waals surface area contributed by atoms with Crippen molar-refractivity contribution >= 4 is 38.3 Å². The molecule has 1 saturated heterocycles. The number of likely N-dealkylation sites (tertiary alicyclic amines) is 1. The summed E-state index contributed by atoms with van der Waals surface area (Å²) in [4.78, 5) is 20.6. The highest BCUT2D eigenvalue weighted by molar-refractivity contribution is 9.10. The second-order valence-electron chi connectivity index (χ2n) is 6.06. The van der Waals surface area contributed by atoms with Crippen molar-refractivity contribution in [2.24, 2.45) is 0 Å². The lowest BCUT2D eigenvalue weighted by atomic mass is 10.0. The lowest BCUT2D eigenvalue weighted by Gasteiger charge is -2.24. The van der Waals surface area contributed by atoms with E-state index in [1.807, 2.05) is 6.92 Å². The number of benzene rings is 1. The van der Waals surface area contributed by atoms with Crippen LogP contribution in [0.1, 0.15) is 44.0 Å². The Balaban J connectivity index is 1.72. The maximum atomic E-state index is 11.7. The first-order valence-corrected chi connectivity index (χ1v) is 9.97. The summed E-state index contributed by atoms with van der Waals surface area (Å²) in [5, 5.41) is 2.89. The molecule has 4 nitrogen and oxygen atoms in total. The number of nitrogens with zero attached hydrogens (tertiary/aromatic N) is 3. The molecule has 0 radical (unpaired) electrons. The quantitative estimate of drug-likeness (QED) is 0.725. The molecule has 1 aromatic heterocycles. The summed E-state index contributed by atoms with van der Waals surface area (Å²) in [6.07, 6.45) is 2.40. The van der Waals surface area contributed by atoms with E-state index in [0.29, 0.717) is 12.6 Å². The van der Waals surface area contributed by atoms with E-state index in [9.17, 15) is 4.79 Å². The second kappa shape index (κ2) is 7.76. The van der Waals surface area contributed by atoms with E-state index in [2.05, 4.69) is 55.5 Å². The maximum absolute atomic E-state index is 11.7. The highest BCUT2D eigenvalue weighted by atomic mass is 79.9. The minimum atomic E-state index is 0.0484. The first kappa shape index (κ1) is 17.6. The molecule has 24 heavy (non-hydrogen) atoms. The van der Waals surface area contributed by atoms with Crippen LogP contribution in [0.15, 0.2) is 34.1 Å². The third kappa shape index (κ3) is 3.87. The number of carbonyl (C=O) groups excluding carboxylic acids is 1. The second-order valence-corrected chi connectivity index (χ2v) is 7.82. The van der Waals surface area contributed by atoms with Gasteiger partial charge in [-0.1, -0.05) is 28.1 Å². The average Bonchev–Trinajstić information content (AvgIpc) is 3.19. The molecule has 0 saturated carbocycles. The Bertz CT molecular complexity index is 701. The minimum absolute atomic E-state index is 0.0484. The summed E-state index contributed by atoms with van der Waals surface area (Å²) < 4.78 is 1.11. The van der Waals surface area contributed by atoms with Gasteiger partial charge in [0.1, 0.15) is 0 Å². The summed E-state index contributed by atoms with van der Waals surface area (Å²) >= 11 is 5.06. The molecule has 0 bridgehead atoms. The number of carbonyl (C=O) groups is 1. The summed E-state index contributed by atoms with van der Waals surface area (Å²) in [5.41, 5.74) is 2.42. The van der Waals surface area contributed by atoms with E-state index in [4.69, 9.17) is 0 Å². The van der Waals surface area contributed by atoms with Gasteiger partial charge in [0.25, 0.3) is 0 Å². The first-order chi connectivity index (χ1) is 11.6. The zero-order chi connectivity index (χ0) is 17.1. The summed E-state index contributed by atoms with van der Waals surface area (Å²) in [5.74, 6) is 0.0484. The molecule has 2 aromatic rings. The number of hydrogen-bond donors (Lipinski definition) is 0. The fraction of sp³-hybridized carbons (Fsp3) is 0.444. The van der Waals surface area contributed by atoms with Crippen molar-refractivity contribution in [2.75, 3.05) is 18.0 Å². The molecule has 0 aliphatic carbocycles. The van der Waals surface area contributed by atoms with Crippen molar-refractivity contribution < 1.29 is 4.79 Å². The topological polar surface area (TPSA) is 36.4 Å². The molecule has 1 aliphatic heterocycles. The zero-order valence-electron chi connectivity index (χ0n) is 14.0. The standard InChI is InChI=1S/C18H22BrN3OS/c1-3-22(13(2)23)18-20-16(12-24-18)11-21-10-4-5-17(21)14-6-8-15(19)9-7-14/h6-9,12,17H,3-5,10-11H2,1-2H3. The van der Waals surface area contributed by atoms with E-state index < -0.39 is 0 Å². The molecule has 2 heterocycles. The van der Waals surface area contributed by atoms with Crippen LogP contribution in [-0.2, 0) is 11.3 Å². The molecule has 0 spiro atoms. The van der Waals surface area contributed by atoms with Gasteiger partial charge in [-0.25, -0.2) is 4.98 Å². The Morgan fingerprint density at radius 1 is 1.42 bits per heavy atom. The summed E-state index contributed by atoms with van der Waals surface area (Å²) in [6.45, 7) is 6.17. The van der Waals surface area contributed by atoms with Crippen molar-refractivity contribution in [3.05, 3.63) is 45.4 Å². The fourth-order valence-electron chi connectivity index (χ4n) is 3.27. The molecular formula is C18H22BrN3OS. The van der Waals surface area contributed by atoms with Gasteiger partial charge >= 0.3 is 0 Å². The van der Waals surface area contributed by atoms with Crippen molar-refractivity contribution in [3.8, 4) is 0 Å². The van der Waals surface area contributed by atoms with Crippen LogP contribution in [-0.4, -0.2) is 28.9 Å². The number of hydrogen-bond acceptors (Lipinski definition) is 4. The molecule has 1 unspecified atom stereocenters. The van der Waals surface area contributed by atoms with E-state index in [1.165, 1.54) is 18.4 Å². The largest absolute Gasteiger partial charge is 0.290 e. The Labute approximate surface area is 155 Å². The highest BCUT2D eigenvalue weighted by Gasteiger charge is 2.26. The molecule has 1 atom stereocenters.